The van der Waals surface area contributed by atoms with Gasteiger partial charge >= 0.3 is 23.9 Å². The summed E-state index contributed by atoms with van der Waals surface area (Å²) in [6.07, 6.45) is 0.546. The van der Waals surface area contributed by atoms with Crippen molar-refractivity contribution in [1.82, 2.24) is 0 Å². The summed E-state index contributed by atoms with van der Waals surface area (Å²) in [4.78, 5) is 46.5. The Labute approximate surface area is 210 Å². The summed E-state index contributed by atoms with van der Waals surface area (Å²) in [7, 11) is 2.65. The van der Waals surface area contributed by atoms with Crippen LogP contribution >= 0.6 is 0 Å². The quantitative estimate of drug-likeness (QED) is 0.433. The number of carbonyl (C=O) groups excluding carboxylic acids is 4. The molecule has 192 valence electrons. The molecular formula is C28H32O8. The maximum Gasteiger partial charge on any atom is 0.310 e. The van der Waals surface area contributed by atoms with Gasteiger partial charge in [-0.25, -0.2) is 0 Å². The van der Waals surface area contributed by atoms with Gasteiger partial charge in [-0.1, -0.05) is 74.5 Å². The molecule has 0 bridgehead atoms. The molecule has 4 rings (SSSR count). The molecular weight excluding hydrogens is 464 g/mol. The second-order valence-electron chi connectivity index (χ2n) is 8.98. The van der Waals surface area contributed by atoms with Crippen molar-refractivity contribution in [2.45, 2.75) is 38.9 Å². The zero-order valence-corrected chi connectivity index (χ0v) is 20.9. The fourth-order valence-electron chi connectivity index (χ4n) is 4.47. The first kappa shape index (κ1) is 26.9. The number of carbonyl (C=O) groups is 4. The van der Waals surface area contributed by atoms with Gasteiger partial charge in [0.15, 0.2) is 0 Å². The zero-order chi connectivity index (χ0) is 26.2. The molecule has 0 aromatic heterocycles. The second-order valence-corrected chi connectivity index (χ2v) is 8.98. The fraction of sp³-hybridized carbons (Fsp3) is 0.429. The Balaban J connectivity index is 0.000000201. The standard InChI is InChI=1S/2C14H16O4/c2*1-9(13(15)17-2)11-8-12(18-14(11)16)10-6-4-3-5-7-10/h2*3-7,9,11-12H,8H2,1-2H3/t2*9-,11+,12-/m10/s1. The summed E-state index contributed by atoms with van der Waals surface area (Å²) >= 11 is 0. The van der Waals surface area contributed by atoms with Crippen LogP contribution in [0.25, 0.3) is 0 Å². The molecule has 0 amide bonds. The number of benzene rings is 2. The molecule has 2 aromatic carbocycles. The molecule has 0 spiro atoms. The van der Waals surface area contributed by atoms with Gasteiger partial charge < -0.3 is 18.9 Å². The Morgan fingerprint density at radius 1 is 0.694 bits per heavy atom. The highest BCUT2D eigenvalue weighted by molar-refractivity contribution is 5.83. The Hall–Kier alpha value is -3.68. The lowest BCUT2D eigenvalue weighted by Crippen LogP contribution is -2.25. The Morgan fingerprint density at radius 2 is 1.03 bits per heavy atom. The highest BCUT2D eigenvalue weighted by Crippen LogP contribution is 2.38. The van der Waals surface area contributed by atoms with Crippen molar-refractivity contribution >= 4 is 23.9 Å². The molecule has 0 saturated carbocycles. The van der Waals surface area contributed by atoms with E-state index in [1.54, 1.807) is 13.8 Å². The Bertz CT molecular complexity index is 966. The minimum atomic E-state index is -0.462. The maximum atomic E-state index is 11.8. The molecule has 0 aliphatic carbocycles. The van der Waals surface area contributed by atoms with E-state index in [-0.39, 0.29) is 36.1 Å². The third-order valence-corrected chi connectivity index (χ3v) is 6.75. The SMILES string of the molecule is COC(=O)[C@@H](C)[C@H]1C[C@@H](c2ccccc2)OC1=O.COC(=O)[C@H](C)[C@@H]1C[C@H](c2ccccc2)OC1=O. The van der Waals surface area contributed by atoms with Gasteiger partial charge in [0, 0.05) is 12.8 Å². The Morgan fingerprint density at radius 3 is 1.33 bits per heavy atom. The number of cyclic esters (lactones) is 2. The van der Waals surface area contributed by atoms with Crippen LogP contribution in [0.4, 0.5) is 0 Å². The average Bonchev–Trinajstić information content (AvgIpc) is 3.50. The number of ether oxygens (including phenoxy) is 4. The lowest BCUT2D eigenvalue weighted by atomic mass is 9.89. The molecule has 2 aliphatic heterocycles. The number of hydrogen-bond acceptors (Lipinski definition) is 8. The molecule has 2 saturated heterocycles. The monoisotopic (exact) mass is 496 g/mol. The summed E-state index contributed by atoms with van der Waals surface area (Å²) in [5.74, 6) is -3.13. The molecule has 2 heterocycles. The van der Waals surface area contributed by atoms with E-state index < -0.39 is 23.7 Å². The average molecular weight is 497 g/mol. The summed E-state index contributed by atoms with van der Waals surface area (Å²) in [6.45, 7) is 3.40. The van der Waals surface area contributed by atoms with Crippen molar-refractivity contribution in [3.8, 4) is 0 Å². The molecule has 0 radical (unpaired) electrons. The van der Waals surface area contributed by atoms with Crippen LogP contribution in [0.3, 0.4) is 0 Å². The molecule has 2 aliphatic rings. The van der Waals surface area contributed by atoms with Crippen molar-refractivity contribution < 1.29 is 38.1 Å². The Kier molecular flexibility index (Phi) is 9.22. The number of esters is 4. The van der Waals surface area contributed by atoms with Crippen LogP contribution in [0.2, 0.25) is 0 Å². The van der Waals surface area contributed by atoms with Gasteiger partial charge in [-0.2, -0.15) is 0 Å². The second kappa shape index (κ2) is 12.3. The molecule has 0 N–H and O–H groups in total. The first-order valence-electron chi connectivity index (χ1n) is 11.9. The van der Waals surface area contributed by atoms with Crippen LogP contribution in [0, 0.1) is 23.7 Å². The number of methoxy groups -OCH3 is 2. The minimum Gasteiger partial charge on any atom is -0.469 e. The predicted molar refractivity (Wildman–Crippen MR) is 129 cm³/mol. The van der Waals surface area contributed by atoms with Crippen LogP contribution in [0.5, 0.6) is 0 Å². The van der Waals surface area contributed by atoms with Crippen LogP contribution in [0.1, 0.15) is 50.0 Å². The van der Waals surface area contributed by atoms with E-state index in [1.807, 2.05) is 60.7 Å². The molecule has 2 fully saturated rings. The molecule has 36 heavy (non-hydrogen) atoms. The first-order chi connectivity index (χ1) is 17.3. The van der Waals surface area contributed by atoms with Crippen molar-refractivity contribution in [2.75, 3.05) is 14.2 Å². The van der Waals surface area contributed by atoms with E-state index in [0.717, 1.165) is 11.1 Å². The summed E-state index contributed by atoms with van der Waals surface area (Å²) in [5, 5.41) is 0. The van der Waals surface area contributed by atoms with Crippen LogP contribution < -0.4 is 0 Å². The van der Waals surface area contributed by atoms with E-state index in [0.29, 0.717) is 12.8 Å². The molecule has 8 nitrogen and oxygen atoms in total. The normalized spacial score (nSPS) is 24.4. The summed E-state index contributed by atoms with van der Waals surface area (Å²) in [6, 6.07) is 19.1. The van der Waals surface area contributed by atoms with Crippen LogP contribution in [-0.2, 0) is 38.1 Å². The summed E-state index contributed by atoms with van der Waals surface area (Å²) in [5.41, 5.74) is 1.93. The van der Waals surface area contributed by atoms with Crippen molar-refractivity contribution in [3.63, 3.8) is 0 Å². The highest BCUT2D eigenvalue weighted by atomic mass is 16.6. The van der Waals surface area contributed by atoms with Gasteiger partial charge in [-0.15, -0.1) is 0 Å². The number of hydrogen-bond donors (Lipinski definition) is 0. The van der Waals surface area contributed by atoms with Crippen LogP contribution in [0.15, 0.2) is 60.7 Å². The van der Waals surface area contributed by atoms with E-state index >= 15 is 0 Å². The predicted octanol–water partition coefficient (Wildman–Crippen LogP) is 4.20. The smallest absolute Gasteiger partial charge is 0.310 e. The molecule has 0 unspecified atom stereocenters. The molecule has 8 heteroatoms. The highest BCUT2D eigenvalue weighted by Gasteiger charge is 2.42. The minimum absolute atomic E-state index is 0.254. The third-order valence-electron chi connectivity index (χ3n) is 6.75. The fourth-order valence-corrected chi connectivity index (χ4v) is 4.47. The largest absolute Gasteiger partial charge is 0.469 e. The van der Waals surface area contributed by atoms with Crippen molar-refractivity contribution in [3.05, 3.63) is 71.8 Å². The van der Waals surface area contributed by atoms with Gasteiger partial charge in [-0.3, -0.25) is 19.2 Å². The van der Waals surface area contributed by atoms with Crippen molar-refractivity contribution in [2.24, 2.45) is 23.7 Å². The van der Waals surface area contributed by atoms with E-state index in [1.165, 1.54) is 14.2 Å². The number of rotatable bonds is 6. The van der Waals surface area contributed by atoms with E-state index in [4.69, 9.17) is 9.47 Å². The first-order valence-corrected chi connectivity index (χ1v) is 11.9. The summed E-state index contributed by atoms with van der Waals surface area (Å²) < 4.78 is 20.0. The van der Waals surface area contributed by atoms with Gasteiger partial charge in [0.05, 0.1) is 37.9 Å². The zero-order valence-electron chi connectivity index (χ0n) is 20.9. The topological polar surface area (TPSA) is 105 Å². The van der Waals surface area contributed by atoms with Crippen molar-refractivity contribution in [1.29, 1.82) is 0 Å². The lowest BCUT2D eigenvalue weighted by Gasteiger charge is -2.12. The van der Waals surface area contributed by atoms with Crippen LogP contribution in [-0.4, -0.2) is 38.1 Å². The van der Waals surface area contributed by atoms with Gasteiger partial charge in [0.1, 0.15) is 12.2 Å². The third kappa shape index (κ3) is 6.30. The lowest BCUT2D eigenvalue weighted by molar-refractivity contribution is -0.154. The molecule has 6 atom stereocenters. The van der Waals surface area contributed by atoms with Gasteiger partial charge in [0.2, 0.25) is 0 Å². The van der Waals surface area contributed by atoms with E-state index in [9.17, 15) is 19.2 Å². The maximum absolute atomic E-state index is 11.8. The van der Waals surface area contributed by atoms with Gasteiger partial charge in [0.25, 0.3) is 0 Å². The van der Waals surface area contributed by atoms with E-state index in [2.05, 4.69) is 9.47 Å². The molecule has 2 aromatic rings. The van der Waals surface area contributed by atoms with Gasteiger partial charge in [-0.05, 0) is 11.1 Å².